The Hall–Kier alpha value is -1.59. The van der Waals surface area contributed by atoms with Crippen LogP contribution in [-0.2, 0) is 14.3 Å². The predicted octanol–water partition coefficient (Wildman–Crippen LogP) is 20.6. The fraction of sp³-hybridized carbons (Fsp3) is 0.907. The molecule has 1 saturated heterocycles. The second-order valence-electron chi connectivity index (χ2n) is 26.1. The van der Waals surface area contributed by atoms with Crippen molar-refractivity contribution in [2.75, 3.05) is 13.2 Å². The fourth-order valence-electron chi connectivity index (χ4n) is 12.1. The van der Waals surface area contributed by atoms with Crippen LogP contribution in [-0.4, -0.2) is 87.5 Å². The Kier molecular flexibility index (Phi) is 61.7. The number of hydrogen-bond acceptors (Lipinski definition) is 8. The summed E-state index contributed by atoms with van der Waals surface area (Å²) in [7, 11) is 0. The van der Waals surface area contributed by atoms with Crippen molar-refractivity contribution in [2.24, 2.45) is 0 Å². The van der Waals surface area contributed by atoms with E-state index in [0.29, 0.717) is 6.42 Å². The number of ether oxygens (including phenoxy) is 2. The highest BCUT2D eigenvalue weighted by atomic mass is 16.7. The highest BCUT2D eigenvalue weighted by Gasteiger charge is 2.44. The zero-order valence-electron chi connectivity index (χ0n) is 55.7. The van der Waals surface area contributed by atoms with E-state index in [4.69, 9.17) is 9.47 Å². The molecule has 0 aromatic rings. The second-order valence-corrected chi connectivity index (χ2v) is 26.1. The Morgan fingerprint density at radius 3 is 1.00 bits per heavy atom. The zero-order valence-corrected chi connectivity index (χ0v) is 55.7. The topological polar surface area (TPSA) is 149 Å². The molecule has 9 nitrogen and oxygen atoms in total. The Morgan fingerprint density at radius 2 is 0.679 bits per heavy atom. The summed E-state index contributed by atoms with van der Waals surface area (Å²) < 4.78 is 11.3. The smallest absolute Gasteiger partial charge is 0.220 e. The van der Waals surface area contributed by atoms with Crippen molar-refractivity contribution >= 4 is 5.91 Å². The fourth-order valence-corrected chi connectivity index (χ4v) is 12.1. The van der Waals surface area contributed by atoms with Gasteiger partial charge in [-0.15, -0.1) is 0 Å². The molecule has 0 radical (unpaired) electrons. The van der Waals surface area contributed by atoms with Gasteiger partial charge in [0.05, 0.1) is 25.4 Å². The highest BCUT2D eigenvalue weighted by molar-refractivity contribution is 5.76. The number of allylic oxidation sites excluding steroid dienone is 5. The van der Waals surface area contributed by atoms with E-state index in [2.05, 4.69) is 43.5 Å². The van der Waals surface area contributed by atoms with Crippen LogP contribution in [0.1, 0.15) is 380 Å². The van der Waals surface area contributed by atoms with Crippen LogP contribution < -0.4 is 5.32 Å². The van der Waals surface area contributed by atoms with Gasteiger partial charge in [0.2, 0.25) is 5.91 Å². The molecule has 1 fully saturated rings. The van der Waals surface area contributed by atoms with Crippen LogP contribution in [0.15, 0.2) is 36.5 Å². The molecule has 0 bridgehead atoms. The Bertz CT molecular complexity index is 1420. The summed E-state index contributed by atoms with van der Waals surface area (Å²) in [4.78, 5) is 13.1. The average molecular weight is 1190 g/mol. The molecule has 1 amide bonds. The standard InChI is InChI=1S/C75H143NO8/c1-3-5-7-9-11-13-15-17-19-21-23-25-27-29-31-32-33-34-35-36-37-38-39-41-43-45-47-49-51-53-55-57-59-61-63-65-71(79)76-68(67-83-75-74(82)73(81)72(80)70(66-77)84-75)69(78)64-62-60-58-56-54-52-50-48-46-44-42-40-30-28-26-24-22-20-18-16-14-12-10-8-6-4-2/h21,23,54,56,62,64,68-70,72-75,77-78,80-82H,3-20,22,24-53,55,57-61,63,65-67H2,1-2H3,(H,76,79)/b23-21-,56-54+,64-62+. The van der Waals surface area contributed by atoms with Gasteiger partial charge in [-0.05, 0) is 57.8 Å². The molecule has 7 atom stereocenters. The summed E-state index contributed by atoms with van der Waals surface area (Å²) in [5.41, 5.74) is 0. The molecule has 7 unspecified atom stereocenters. The number of amides is 1. The summed E-state index contributed by atoms with van der Waals surface area (Å²) in [5.74, 6) is -0.178. The van der Waals surface area contributed by atoms with Crippen LogP contribution in [0, 0.1) is 0 Å². The van der Waals surface area contributed by atoms with Crippen LogP contribution in [0.4, 0.5) is 0 Å². The first kappa shape index (κ1) is 80.4. The first-order valence-corrected chi connectivity index (χ1v) is 37.2. The number of aliphatic hydroxyl groups excluding tert-OH is 5. The molecule has 0 spiro atoms. The van der Waals surface area contributed by atoms with Gasteiger partial charge in [-0.2, -0.15) is 0 Å². The summed E-state index contributed by atoms with van der Waals surface area (Å²) in [6.07, 6.45) is 79.9. The first-order chi connectivity index (χ1) is 41.3. The summed E-state index contributed by atoms with van der Waals surface area (Å²) in [6.45, 7) is 3.82. The number of hydrogen-bond donors (Lipinski definition) is 6. The van der Waals surface area contributed by atoms with E-state index in [9.17, 15) is 30.3 Å². The van der Waals surface area contributed by atoms with Crippen molar-refractivity contribution in [2.45, 2.75) is 423 Å². The molecule has 84 heavy (non-hydrogen) atoms. The maximum absolute atomic E-state index is 13.1. The maximum atomic E-state index is 13.1. The molecule has 0 aliphatic carbocycles. The summed E-state index contributed by atoms with van der Waals surface area (Å²) >= 11 is 0. The number of unbranched alkanes of at least 4 members (excludes halogenated alkanes) is 52. The Labute approximate surface area is 521 Å². The van der Waals surface area contributed by atoms with E-state index >= 15 is 0 Å². The van der Waals surface area contributed by atoms with Crippen LogP contribution in [0.3, 0.4) is 0 Å². The van der Waals surface area contributed by atoms with Crippen molar-refractivity contribution in [3.05, 3.63) is 36.5 Å². The third-order valence-electron chi connectivity index (χ3n) is 17.9. The molecule has 1 aliphatic rings. The van der Waals surface area contributed by atoms with Crippen molar-refractivity contribution in [3.63, 3.8) is 0 Å². The lowest BCUT2D eigenvalue weighted by atomic mass is 9.99. The minimum Gasteiger partial charge on any atom is -0.394 e. The van der Waals surface area contributed by atoms with Gasteiger partial charge in [-0.3, -0.25) is 4.79 Å². The van der Waals surface area contributed by atoms with Crippen molar-refractivity contribution < 1.29 is 39.8 Å². The van der Waals surface area contributed by atoms with E-state index in [-0.39, 0.29) is 12.5 Å². The summed E-state index contributed by atoms with van der Waals surface area (Å²) in [5, 5.41) is 54.8. The van der Waals surface area contributed by atoms with Gasteiger partial charge in [0.1, 0.15) is 24.4 Å². The number of aliphatic hydroxyl groups is 5. The van der Waals surface area contributed by atoms with Crippen LogP contribution in [0.2, 0.25) is 0 Å². The maximum Gasteiger partial charge on any atom is 0.220 e. The molecular weight excluding hydrogens is 1040 g/mol. The Balaban J connectivity index is 2.10. The van der Waals surface area contributed by atoms with Gasteiger partial charge in [0, 0.05) is 6.42 Å². The van der Waals surface area contributed by atoms with Crippen LogP contribution in [0.5, 0.6) is 0 Å². The molecule has 1 rings (SSSR count). The van der Waals surface area contributed by atoms with Crippen molar-refractivity contribution in [1.29, 1.82) is 0 Å². The lowest BCUT2D eigenvalue weighted by molar-refractivity contribution is -0.302. The molecule has 9 heteroatoms. The predicted molar refractivity (Wildman–Crippen MR) is 360 cm³/mol. The van der Waals surface area contributed by atoms with Crippen LogP contribution in [0.25, 0.3) is 0 Å². The Morgan fingerprint density at radius 1 is 0.393 bits per heavy atom. The molecule has 1 heterocycles. The lowest BCUT2D eigenvalue weighted by Gasteiger charge is -2.40. The second kappa shape index (κ2) is 64.4. The number of rotatable bonds is 66. The van der Waals surface area contributed by atoms with E-state index in [1.165, 1.54) is 321 Å². The van der Waals surface area contributed by atoms with Gasteiger partial charge in [-0.1, -0.05) is 352 Å². The van der Waals surface area contributed by atoms with Gasteiger partial charge < -0.3 is 40.3 Å². The SMILES string of the molecule is CCCCCCCCCC/C=C\CCCCCCCCCCCCCCCCCCCCCCCCCC(=O)NC(COC1OC(CO)C(O)C(O)C1O)C(O)/C=C/CC/C=C/CCCCCCCCCCCCCCCCCCCCCC. The normalized spacial score (nSPS) is 18.3. The number of carbonyl (C=O) groups excluding carboxylic acids is 1. The lowest BCUT2D eigenvalue weighted by Crippen LogP contribution is -2.60. The number of nitrogens with one attached hydrogen (secondary N) is 1. The largest absolute Gasteiger partial charge is 0.394 e. The van der Waals surface area contributed by atoms with E-state index < -0.39 is 49.5 Å². The highest BCUT2D eigenvalue weighted by Crippen LogP contribution is 2.24. The average Bonchev–Trinajstić information content (AvgIpc) is 3.70. The number of carbonyl (C=O) groups is 1. The monoisotopic (exact) mass is 1190 g/mol. The first-order valence-electron chi connectivity index (χ1n) is 37.2. The molecule has 0 aromatic heterocycles. The summed E-state index contributed by atoms with van der Waals surface area (Å²) in [6, 6.07) is -0.822. The molecule has 496 valence electrons. The van der Waals surface area contributed by atoms with Crippen molar-refractivity contribution in [1.82, 2.24) is 5.32 Å². The van der Waals surface area contributed by atoms with Crippen molar-refractivity contribution in [3.8, 4) is 0 Å². The molecule has 0 saturated carbocycles. The van der Waals surface area contributed by atoms with Gasteiger partial charge in [0.15, 0.2) is 6.29 Å². The van der Waals surface area contributed by atoms with Crippen LogP contribution >= 0.6 is 0 Å². The van der Waals surface area contributed by atoms with E-state index in [0.717, 1.165) is 38.5 Å². The molecular formula is C75H143NO8. The minimum absolute atomic E-state index is 0.178. The third kappa shape index (κ3) is 52.4. The molecule has 1 aliphatic heterocycles. The zero-order chi connectivity index (χ0) is 60.7. The quantitative estimate of drug-likeness (QED) is 0.0261. The van der Waals surface area contributed by atoms with Gasteiger partial charge in [0.25, 0.3) is 0 Å². The minimum atomic E-state index is -1.57. The van der Waals surface area contributed by atoms with E-state index in [1.54, 1.807) is 6.08 Å². The van der Waals surface area contributed by atoms with Gasteiger partial charge in [-0.25, -0.2) is 0 Å². The third-order valence-corrected chi connectivity index (χ3v) is 17.9. The molecule has 6 N–H and O–H groups in total. The van der Waals surface area contributed by atoms with E-state index in [1.807, 2.05) is 6.08 Å². The molecule has 0 aromatic carbocycles. The van der Waals surface area contributed by atoms with Gasteiger partial charge >= 0.3 is 0 Å².